The first-order valence-corrected chi connectivity index (χ1v) is 26.3. The normalized spacial score (nSPS) is 46.0. The second kappa shape index (κ2) is 23.6. The maximum absolute atomic E-state index is 14.5. The van der Waals surface area contributed by atoms with E-state index in [-0.39, 0.29) is 49.7 Å². The van der Waals surface area contributed by atoms with Gasteiger partial charge in [0.1, 0.15) is 34.7 Å². The number of unbranched alkanes of at least 4 members (excludes halogenated alkanes) is 1. The van der Waals surface area contributed by atoms with Crippen LogP contribution < -0.4 is 0 Å². The van der Waals surface area contributed by atoms with Crippen LogP contribution in [-0.4, -0.2) is 183 Å². The lowest BCUT2D eigenvalue weighted by Crippen LogP contribution is -2.61. The van der Waals surface area contributed by atoms with Gasteiger partial charge in [-0.05, 0) is 108 Å². The third kappa shape index (κ3) is 13.9. The fraction of sp³-hybridized carbons (Fsp3) is 0.957. The molecule has 4 aliphatic heterocycles. The predicted octanol–water partition coefficient (Wildman–Crippen LogP) is 4.52. The first-order valence-electron chi connectivity index (χ1n) is 23.6. The van der Waals surface area contributed by atoms with Crippen molar-refractivity contribution in [2.45, 2.75) is 223 Å². The molecule has 64 heavy (non-hydrogen) atoms. The molecule has 4 rings (SSSR count). The maximum atomic E-state index is 14.5. The van der Waals surface area contributed by atoms with Crippen molar-refractivity contribution in [3.8, 4) is 0 Å². The number of methoxy groups -OCH3 is 1. The van der Waals surface area contributed by atoms with Crippen LogP contribution in [0.1, 0.15) is 127 Å². The van der Waals surface area contributed by atoms with Gasteiger partial charge in [-0.3, -0.25) is 9.59 Å². The molecule has 0 aliphatic carbocycles. The second-order valence-corrected chi connectivity index (χ2v) is 24.0. The van der Waals surface area contributed by atoms with Crippen LogP contribution >= 0.6 is 10.8 Å². The number of rotatable bonds is 13. The largest absolute Gasteiger partial charge is 0.459 e. The Morgan fingerprint density at radius 3 is 2.25 bits per heavy atom. The van der Waals surface area contributed by atoms with Gasteiger partial charge in [0.25, 0.3) is 0 Å². The lowest BCUT2D eigenvalue weighted by molar-refractivity contribution is -0.319. The number of ether oxygens (including phenoxy) is 7. The van der Waals surface area contributed by atoms with Crippen molar-refractivity contribution in [3.05, 3.63) is 0 Å². The number of aliphatic hydroxyl groups excluding tert-OH is 2. The zero-order valence-electron chi connectivity index (χ0n) is 41.1. The SMILES string of the molecule is CC[C@H]1OC(=O)[C@H](C)[C@@H](O[C@H]2C[C@@](C)(OC)[C@@H](O)[C@H](C)O2)[C@H](C)[C@@H](O[C@@H]2O[C@H](C)C[C@H](N(C)C)[C@H]2OC(=O)CCCC[C@@H]2CC[S+](O)S2)[C@](C)(O)C[C@@H](C)CN(C)[C@H](C)[C@@H](O)[C@]1(C)O. The summed E-state index contributed by atoms with van der Waals surface area (Å²) >= 11 is 0. The molecule has 0 aromatic rings. The minimum atomic E-state index is -1.83. The van der Waals surface area contributed by atoms with Gasteiger partial charge in [0, 0.05) is 44.9 Å². The van der Waals surface area contributed by atoms with Gasteiger partial charge in [-0.2, -0.15) is 4.55 Å². The molecular weight excluding hydrogens is 869 g/mol. The Kier molecular flexibility index (Phi) is 20.6. The molecule has 18 heteroatoms. The third-order valence-electron chi connectivity index (χ3n) is 14.5. The molecule has 4 aliphatic rings. The number of nitrogens with zero attached hydrogens (tertiary/aromatic N) is 2. The van der Waals surface area contributed by atoms with Crippen LogP contribution in [0.5, 0.6) is 0 Å². The molecule has 374 valence electrons. The van der Waals surface area contributed by atoms with Crippen LogP contribution in [0.4, 0.5) is 0 Å². The highest BCUT2D eigenvalue weighted by Crippen LogP contribution is 2.41. The Balaban J connectivity index is 1.77. The van der Waals surface area contributed by atoms with Gasteiger partial charge in [-0.25, -0.2) is 0 Å². The average molecular weight is 954 g/mol. The Bertz CT molecular complexity index is 1480. The van der Waals surface area contributed by atoms with E-state index in [0.29, 0.717) is 24.6 Å². The van der Waals surface area contributed by atoms with Gasteiger partial charge < -0.3 is 63.4 Å². The fourth-order valence-corrected chi connectivity index (χ4v) is 14.0. The summed E-state index contributed by atoms with van der Waals surface area (Å²) in [5.74, 6) is -2.32. The molecule has 0 radical (unpaired) electrons. The van der Waals surface area contributed by atoms with Gasteiger partial charge in [0.15, 0.2) is 24.4 Å². The Morgan fingerprint density at radius 2 is 1.66 bits per heavy atom. The number of hydrogen-bond acceptors (Lipinski definition) is 17. The van der Waals surface area contributed by atoms with Crippen molar-refractivity contribution in [2.75, 3.05) is 40.6 Å². The lowest BCUT2D eigenvalue weighted by Gasteiger charge is -2.49. The number of carbonyl (C=O) groups excluding carboxylic acids is 2. The van der Waals surface area contributed by atoms with Gasteiger partial charge in [-0.15, -0.1) is 0 Å². The standard InChI is InChI=1S/C46H85N2O14S2/c1-15-34-46(10,54)39(50)30(6)48(13)25-26(2)23-44(8,53)41(28(4)37(29(5)42(52)59-34)61-36-24-45(9,56-14)40(51)31(7)58-36)62-43-38(33(47(11)12)22-27(3)57-43)60-35(49)19-17-16-18-32-20-21-64(55)63-32/h26-34,36-41,43,50-51,53-55H,15-25H2,1-14H3/q+1/t26-,27-,28+,29-,30-,31+,32-,33+,34-,36+,37+,38-,39-,40+,41-,43+,44-,45-,46-,64?/m1/s1. The summed E-state index contributed by atoms with van der Waals surface area (Å²) in [7, 11) is 8.23. The maximum Gasteiger partial charge on any atom is 0.311 e. The molecular formula is C46H85N2O14S2+. The molecule has 4 heterocycles. The molecule has 4 fully saturated rings. The zero-order valence-corrected chi connectivity index (χ0v) is 42.8. The van der Waals surface area contributed by atoms with Crippen LogP contribution in [0.25, 0.3) is 0 Å². The van der Waals surface area contributed by atoms with E-state index in [1.165, 1.54) is 14.0 Å². The third-order valence-corrected chi connectivity index (χ3v) is 18.0. The summed E-state index contributed by atoms with van der Waals surface area (Å²) in [4.78, 5) is 32.1. The fourth-order valence-electron chi connectivity index (χ4n) is 10.4. The van der Waals surface area contributed by atoms with E-state index in [1.807, 2.05) is 51.7 Å². The molecule has 0 spiro atoms. The Morgan fingerprint density at radius 1 is 0.984 bits per heavy atom. The molecule has 16 nitrogen and oxygen atoms in total. The summed E-state index contributed by atoms with van der Waals surface area (Å²) in [6.07, 6.45) is -4.94. The van der Waals surface area contributed by atoms with Crippen molar-refractivity contribution in [3.63, 3.8) is 0 Å². The second-order valence-electron chi connectivity index (χ2n) is 20.4. The average Bonchev–Trinajstić information content (AvgIpc) is 3.64. The minimum Gasteiger partial charge on any atom is -0.459 e. The highest BCUT2D eigenvalue weighted by Gasteiger charge is 2.53. The highest BCUT2D eigenvalue weighted by atomic mass is 33.1. The van der Waals surface area contributed by atoms with E-state index < -0.39 is 106 Å². The molecule has 0 amide bonds. The van der Waals surface area contributed by atoms with Crippen molar-refractivity contribution in [1.82, 2.24) is 9.80 Å². The molecule has 5 N–H and O–H groups in total. The quantitative estimate of drug-likeness (QED) is 0.0745. The summed E-state index contributed by atoms with van der Waals surface area (Å²) in [6, 6.07) is -0.867. The molecule has 0 aromatic carbocycles. The van der Waals surface area contributed by atoms with E-state index in [9.17, 15) is 34.6 Å². The van der Waals surface area contributed by atoms with E-state index in [4.69, 9.17) is 33.2 Å². The predicted molar refractivity (Wildman–Crippen MR) is 247 cm³/mol. The van der Waals surface area contributed by atoms with Crippen molar-refractivity contribution < 1.29 is 67.7 Å². The first kappa shape index (κ1) is 55.8. The minimum absolute atomic E-state index is 0.106. The van der Waals surface area contributed by atoms with Crippen molar-refractivity contribution >= 4 is 32.9 Å². The van der Waals surface area contributed by atoms with Crippen molar-refractivity contribution in [2.24, 2.45) is 17.8 Å². The van der Waals surface area contributed by atoms with Gasteiger partial charge in [-0.1, -0.05) is 27.2 Å². The van der Waals surface area contributed by atoms with Crippen LogP contribution in [0.15, 0.2) is 0 Å². The first-order chi connectivity index (χ1) is 29.8. The van der Waals surface area contributed by atoms with Gasteiger partial charge >= 0.3 is 11.9 Å². The molecule has 20 atom stereocenters. The monoisotopic (exact) mass is 954 g/mol. The lowest BCUT2D eigenvalue weighted by atomic mass is 9.77. The molecule has 1 unspecified atom stereocenters. The Labute approximate surface area is 390 Å². The summed E-state index contributed by atoms with van der Waals surface area (Å²) in [6.45, 7) is 18.1. The van der Waals surface area contributed by atoms with Crippen LogP contribution in [0.3, 0.4) is 0 Å². The highest BCUT2D eigenvalue weighted by molar-refractivity contribution is 8.72. The van der Waals surface area contributed by atoms with E-state index >= 15 is 0 Å². The number of cyclic esters (lactones) is 1. The number of aliphatic hydroxyl groups is 4. The molecule has 4 saturated heterocycles. The van der Waals surface area contributed by atoms with Crippen LogP contribution in [0, 0.1) is 17.8 Å². The molecule has 0 aromatic heterocycles. The number of likely N-dealkylation sites (N-methyl/N-ethyl adjacent to an activating group) is 2. The topological polar surface area (TPSA) is 206 Å². The molecule has 0 saturated carbocycles. The summed E-state index contributed by atoms with van der Waals surface area (Å²) < 4.78 is 54.9. The number of hydrogen-bond donors (Lipinski definition) is 5. The van der Waals surface area contributed by atoms with Crippen molar-refractivity contribution in [1.29, 1.82) is 0 Å². The molecule has 0 bridgehead atoms. The van der Waals surface area contributed by atoms with Gasteiger partial charge in [0.05, 0.1) is 52.8 Å². The van der Waals surface area contributed by atoms with E-state index in [1.54, 1.807) is 52.3 Å². The van der Waals surface area contributed by atoms with E-state index in [2.05, 4.69) is 0 Å². The summed E-state index contributed by atoms with van der Waals surface area (Å²) in [5, 5.41) is 47.9. The smallest absolute Gasteiger partial charge is 0.311 e. The number of esters is 2. The summed E-state index contributed by atoms with van der Waals surface area (Å²) in [5.41, 5.74) is -4.51. The number of carbonyl (C=O) groups is 2. The van der Waals surface area contributed by atoms with Gasteiger partial charge in [0.2, 0.25) is 10.2 Å². The van der Waals surface area contributed by atoms with Crippen LogP contribution in [0.2, 0.25) is 0 Å². The van der Waals surface area contributed by atoms with E-state index in [0.717, 1.165) is 25.0 Å². The Hall–Kier alpha value is -0.840. The zero-order chi connectivity index (χ0) is 48.1. The van der Waals surface area contributed by atoms with Crippen LogP contribution in [-0.2, 0) is 53.0 Å².